The van der Waals surface area contributed by atoms with Gasteiger partial charge in [-0.05, 0) is 53.4 Å². The van der Waals surface area contributed by atoms with Gasteiger partial charge in [-0.1, -0.05) is 101 Å². The van der Waals surface area contributed by atoms with Crippen LogP contribution >= 0.6 is 0 Å². The molecule has 0 radical (unpaired) electrons. The molecule has 2 aliphatic rings. The van der Waals surface area contributed by atoms with Crippen molar-refractivity contribution in [2.45, 2.75) is 96.2 Å². The quantitative estimate of drug-likeness (QED) is 0.247. The summed E-state index contributed by atoms with van der Waals surface area (Å²) in [7, 11) is 0. The number of carbonyl (C=O) groups excluding carboxylic acids is 3. The average Bonchev–Trinajstić information content (AvgIpc) is 3.31. The zero-order chi connectivity index (χ0) is 30.9. The summed E-state index contributed by atoms with van der Waals surface area (Å²) in [6.07, 6.45) is 5.58. The second kappa shape index (κ2) is 15.0. The minimum absolute atomic E-state index is 0.0670. The third-order valence-corrected chi connectivity index (χ3v) is 8.61. The van der Waals surface area contributed by atoms with Crippen LogP contribution in [0.2, 0.25) is 0 Å². The highest BCUT2D eigenvalue weighted by Gasteiger charge is 2.33. The Hall–Kier alpha value is -3.88. The average molecular weight is 592 g/mol. The molecule has 0 aliphatic heterocycles. The van der Waals surface area contributed by atoms with Gasteiger partial charge in [0.1, 0.15) is 24.7 Å². The minimum atomic E-state index is -1.12. The van der Waals surface area contributed by atoms with Crippen LogP contribution in [0.5, 0.6) is 0 Å². The van der Waals surface area contributed by atoms with Crippen molar-refractivity contribution in [2.75, 3.05) is 6.61 Å². The Morgan fingerprint density at radius 3 is 1.93 bits per heavy atom. The molecule has 1 fully saturated rings. The second-order valence-electron chi connectivity index (χ2n) is 12.3. The van der Waals surface area contributed by atoms with Gasteiger partial charge in [-0.15, -0.1) is 0 Å². The van der Waals surface area contributed by atoms with E-state index in [4.69, 9.17) is 4.74 Å². The van der Waals surface area contributed by atoms with E-state index in [0.29, 0.717) is 6.42 Å². The highest BCUT2D eigenvalue weighted by molar-refractivity contribution is 5.92. The summed E-state index contributed by atoms with van der Waals surface area (Å²) in [6.45, 7) is 5.64. The Balaban J connectivity index is 1.42. The molecule has 4 N–H and O–H groups in total. The summed E-state index contributed by atoms with van der Waals surface area (Å²) in [5.41, 5.74) is 4.46. The maximum atomic E-state index is 13.5. The van der Waals surface area contributed by atoms with Gasteiger partial charge in [-0.2, -0.15) is 0 Å². The van der Waals surface area contributed by atoms with Crippen molar-refractivity contribution < 1.29 is 29.0 Å². The van der Waals surface area contributed by atoms with Crippen LogP contribution in [0, 0.1) is 11.8 Å². The fraction of sp³-hybridized carbons (Fsp3) is 0.529. The number of hydrogen-bond donors (Lipinski definition) is 4. The molecule has 3 amide bonds. The Labute approximate surface area is 254 Å². The van der Waals surface area contributed by atoms with E-state index in [1.807, 2.05) is 50.2 Å². The molecule has 3 atom stereocenters. The molecule has 9 heteroatoms. The molecule has 0 spiro atoms. The molecule has 2 aromatic rings. The van der Waals surface area contributed by atoms with E-state index in [9.17, 15) is 24.3 Å². The number of aliphatic carboxylic acids is 1. The first-order chi connectivity index (χ1) is 20.7. The number of nitrogens with one attached hydrogen (secondary N) is 3. The molecule has 2 aromatic carbocycles. The number of alkyl carbamates (subject to hydrolysis) is 1. The molecule has 43 heavy (non-hydrogen) atoms. The first kappa shape index (κ1) is 32.0. The van der Waals surface area contributed by atoms with E-state index in [1.165, 1.54) is 0 Å². The van der Waals surface area contributed by atoms with Crippen molar-refractivity contribution in [2.24, 2.45) is 11.8 Å². The van der Waals surface area contributed by atoms with Crippen LogP contribution in [0.15, 0.2) is 48.5 Å². The lowest BCUT2D eigenvalue weighted by Gasteiger charge is -2.28. The summed E-state index contributed by atoms with van der Waals surface area (Å²) < 4.78 is 5.73. The second-order valence-corrected chi connectivity index (χ2v) is 12.3. The van der Waals surface area contributed by atoms with Crippen molar-refractivity contribution >= 4 is 23.9 Å². The molecule has 0 heterocycles. The van der Waals surface area contributed by atoms with Gasteiger partial charge in [0.05, 0.1) is 0 Å². The lowest BCUT2D eigenvalue weighted by atomic mass is 9.84. The first-order valence-corrected chi connectivity index (χ1v) is 15.6. The van der Waals surface area contributed by atoms with Crippen molar-refractivity contribution in [3.63, 3.8) is 0 Å². The molecule has 2 aliphatic carbocycles. The highest BCUT2D eigenvalue weighted by Crippen LogP contribution is 2.44. The Morgan fingerprint density at radius 1 is 0.814 bits per heavy atom. The van der Waals surface area contributed by atoms with Gasteiger partial charge in [0.2, 0.25) is 11.8 Å². The van der Waals surface area contributed by atoms with Gasteiger partial charge in [0, 0.05) is 5.92 Å². The molecule has 0 bridgehead atoms. The summed E-state index contributed by atoms with van der Waals surface area (Å²) in [5, 5.41) is 17.7. The predicted molar refractivity (Wildman–Crippen MR) is 164 cm³/mol. The summed E-state index contributed by atoms with van der Waals surface area (Å²) >= 11 is 0. The van der Waals surface area contributed by atoms with Crippen molar-refractivity contribution in [3.8, 4) is 11.1 Å². The van der Waals surface area contributed by atoms with E-state index >= 15 is 0 Å². The van der Waals surface area contributed by atoms with Crippen molar-refractivity contribution in [1.82, 2.24) is 16.0 Å². The van der Waals surface area contributed by atoms with E-state index in [0.717, 1.165) is 54.4 Å². The Kier molecular flexibility index (Phi) is 11.2. The molecule has 4 rings (SSSR count). The van der Waals surface area contributed by atoms with Gasteiger partial charge in [0.25, 0.3) is 0 Å². The fourth-order valence-electron chi connectivity index (χ4n) is 6.36. The highest BCUT2D eigenvalue weighted by atomic mass is 16.5. The van der Waals surface area contributed by atoms with Crippen LogP contribution in [-0.2, 0) is 19.1 Å². The van der Waals surface area contributed by atoms with Crippen LogP contribution in [0.4, 0.5) is 4.79 Å². The molecule has 9 nitrogen and oxygen atoms in total. The van der Waals surface area contributed by atoms with Crippen molar-refractivity contribution in [1.29, 1.82) is 0 Å². The van der Waals surface area contributed by atoms with Gasteiger partial charge in [-0.25, -0.2) is 9.59 Å². The lowest BCUT2D eigenvalue weighted by Crippen LogP contribution is -2.56. The van der Waals surface area contributed by atoms with Gasteiger partial charge in [-0.3, -0.25) is 9.59 Å². The summed E-state index contributed by atoms with van der Waals surface area (Å²) in [6, 6.07) is 13.3. The van der Waals surface area contributed by atoms with Crippen LogP contribution < -0.4 is 16.0 Å². The smallest absolute Gasteiger partial charge is 0.407 e. The number of ether oxygens (including phenoxy) is 1. The van der Waals surface area contributed by atoms with E-state index in [1.54, 1.807) is 6.92 Å². The summed E-state index contributed by atoms with van der Waals surface area (Å²) in [4.78, 5) is 51.3. The van der Waals surface area contributed by atoms with Gasteiger partial charge >= 0.3 is 12.1 Å². The number of benzene rings is 2. The van der Waals surface area contributed by atoms with Gasteiger partial charge in [0.15, 0.2) is 0 Å². The molecular formula is C34H45N3O6. The normalized spacial score (nSPS) is 16.8. The molecular weight excluding hydrogens is 546 g/mol. The van der Waals surface area contributed by atoms with E-state index < -0.39 is 42.0 Å². The topological polar surface area (TPSA) is 134 Å². The minimum Gasteiger partial charge on any atom is -0.480 e. The Bertz CT molecular complexity index is 1240. The van der Waals surface area contributed by atoms with Crippen molar-refractivity contribution in [3.05, 3.63) is 59.7 Å². The lowest BCUT2D eigenvalue weighted by molar-refractivity contribution is -0.142. The maximum Gasteiger partial charge on any atom is 0.407 e. The zero-order valence-corrected chi connectivity index (χ0v) is 25.4. The molecule has 3 unspecified atom stereocenters. The zero-order valence-electron chi connectivity index (χ0n) is 25.4. The first-order valence-electron chi connectivity index (χ1n) is 15.6. The van der Waals surface area contributed by atoms with Crippen LogP contribution in [0.3, 0.4) is 0 Å². The number of fused-ring (bicyclic) bond motifs is 3. The van der Waals surface area contributed by atoms with Crippen LogP contribution in [-0.4, -0.2) is 53.7 Å². The monoisotopic (exact) mass is 591 g/mol. The molecule has 0 aromatic heterocycles. The maximum absolute atomic E-state index is 13.5. The number of rotatable bonds is 13. The molecule has 0 saturated heterocycles. The fourth-order valence-corrected chi connectivity index (χ4v) is 6.36. The van der Waals surface area contributed by atoms with E-state index in [-0.39, 0.29) is 37.2 Å². The van der Waals surface area contributed by atoms with Crippen LogP contribution in [0.1, 0.15) is 89.2 Å². The van der Waals surface area contributed by atoms with Gasteiger partial charge < -0.3 is 25.8 Å². The molecule has 232 valence electrons. The third-order valence-electron chi connectivity index (χ3n) is 8.61. The Morgan fingerprint density at radius 2 is 1.37 bits per heavy atom. The van der Waals surface area contributed by atoms with Crippen LogP contribution in [0.25, 0.3) is 11.1 Å². The number of carboxylic acid groups (broad SMARTS) is 1. The number of amides is 3. The molecule has 1 saturated carbocycles. The standard InChI is InChI=1S/C34H45N3O6/c1-4-28(31(38)36-30(33(40)41)18-21(2)3)35-32(39)29(19-22-12-6-5-7-13-22)37-34(42)43-20-27-25-16-10-8-14-23(25)24-15-9-11-17-26(24)27/h8-11,14-17,21-22,27-30H,4-7,12-13,18-20H2,1-3H3,(H,35,39)(H,36,38)(H,37,42)(H,40,41). The third kappa shape index (κ3) is 8.36. The summed E-state index contributed by atoms with van der Waals surface area (Å²) in [5.74, 6) is -1.91. The SMILES string of the molecule is CCC(NC(=O)C(CC1CCCCC1)NC(=O)OCC1c2ccccc2-c2ccccc21)C(=O)NC(CC(C)C)C(=O)O. The van der Waals surface area contributed by atoms with E-state index in [2.05, 4.69) is 28.1 Å². The number of carboxylic acids is 1. The number of carbonyl (C=O) groups is 4. The number of hydrogen-bond acceptors (Lipinski definition) is 5. The largest absolute Gasteiger partial charge is 0.480 e. The predicted octanol–water partition coefficient (Wildman–Crippen LogP) is 5.37.